The van der Waals surface area contributed by atoms with E-state index in [9.17, 15) is 9.59 Å². The van der Waals surface area contributed by atoms with Crippen molar-refractivity contribution in [3.63, 3.8) is 0 Å². The zero-order valence-electron chi connectivity index (χ0n) is 18.4. The third kappa shape index (κ3) is 5.31. The number of ether oxygens (including phenoxy) is 2. The van der Waals surface area contributed by atoms with Gasteiger partial charge in [-0.2, -0.15) is 0 Å². The van der Waals surface area contributed by atoms with Crippen molar-refractivity contribution in [2.75, 3.05) is 13.7 Å². The van der Waals surface area contributed by atoms with E-state index in [1.54, 1.807) is 12.3 Å². The minimum absolute atomic E-state index is 0.0357. The van der Waals surface area contributed by atoms with Crippen LogP contribution in [0, 0.1) is 0 Å². The molecule has 7 nitrogen and oxygen atoms in total. The van der Waals surface area contributed by atoms with Gasteiger partial charge in [-0.1, -0.05) is 54.6 Å². The van der Waals surface area contributed by atoms with Gasteiger partial charge in [0, 0.05) is 30.6 Å². The van der Waals surface area contributed by atoms with E-state index in [0.717, 1.165) is 27.8 Å². The summed E-state index contributed by atoms with van der Waals surface area (Å²) >= 11 is 0. The number of carbonyl (C=O) groups excluding carboxylic acids is 1. The Balaban J connectivity index is 1.41. The van der Waals surface area contributed by atoms with Crippen LogP contribution < -0.4 is 10.1 Å². The fourth-order valence-electron chi connectivity index (χ4n) is 4.27. The van der Waals surface area contributed by atoms with Crippen molar-refractivity contribution in [2.45, 2.75) is 31.2 Å². The number of methoxy groups -OCH3 is 1. The Bertz CT molecular complexity index is 1080. The fourth-order valence-corrected chi connectivity index (χ4v) is 4.27. The molecule has 1 atom stereocenters. The number of pyridine rings is 1. The van der Waals surface area contributed by atoms with Crippen molar-refractivity contribution in [3.05, 3.63) is 83.6 Å². The average molecular weight is 447 g/mol. The molecule has 33 heavy (non-hydrogen) atoms. The summed E-state index contributed by atoms with van der Waals surface area (Å²) in [5.74, 6) is -0.459. The normalized spacial score (nSPS) is 13.0. The first-order chi connectivity index (χ1) is 16.0. The van der Waals surface area contributed by atoms with Gasteiger partial charge in [-0.05, 0) is 40.7 Å². The van der Waals surface area contributed by atoms with Crippen molar-refractivity contribution in [1.82, 2.24) is 10.3 Å². The molecule has 4 rings (SSSR count). The van der Waals surface area contributed by atoms with E-state index >= 15 is 0 Å². The lowest BCUT2D eigenvalue weighted by molar-refractivity contribution is -0.137. The molecule has 7 heteroatoms. The molecule has 1 amide bonds. The highest BCUT2D eigenvalue weighted by molar-refractivity contribution is 5.79. The zero-order chi connectivity index (χ0) is 23.2. The molecular weight excluding hydrogens is 420 g/mol. The van der Waals surface area contributed by atoms with Crippen LogP contribution in [-0.4, -0.2) is 41.9 Å². The van der Waals surface area contributed by atoms with Crippen LogP contribution in [-0.2, 0) is 16.0 Å². The molecule has 0 saturated heterocycles. The molecule has 2 N–H and O–H groups in total. The second kappa shape index (κ2) is 10.2. The molecule has 2 aromatic carbocycles. The smallest absolute Gasteiger partial charge is 0.407 e. The average Bonchev–Trinajstić information content (AvgIpc) is 3.15. The largest absolute Gasteiger partial charge is 0.481 e. The van der Waals surface area contributed by atoms with Crippen molar-refractivity contribution in [2.24, 2.45) is 0 Å². The molecule has 0 bridgehead atoms. The van der Waals surface area contributed by atoms with Gasteiger partial charge in [0.25, 0.3) is 0 Å². The van der Waals surface area contributed by atoms with Gasteiger partial charge in [0.05, 0.1) is 7.11 Å². The van der Waals surface area contributed by atoms with Crippen molar-refractivity contribution < 1.29 is 24.2 Å². The Morgan fingerprint density at radius 3 is 2.27 bits per heavy atom. The number of benzene rings is 2. The van der Waals surface area contributed by atoms with E-state index in [1.807, 2.05) is 30.3 Å². The number of nitrogens with zero attached hydrogens (tertiary/aromatic N) is 1. The van der Waals surface area contributed by atoms with Gasteiger partial charge in [-0.25, -0.2) is 9.78 Å². The Morgan fingerprint density at radius 1 is 1.03 bits per heavy atom. The molecule has 0 aliphatic heterocycles. The van der Waals surface area contributed by atoms with Crippen molar-refractivity contribution >= 4 is 12.1 Å². The Kier molecular flexibility index (Phi) is 6.88. The predicted octanol–water partition coefficient (Wildman–Crippen LogP) is 4.40. The van der Waals surface area contributed by atoms with Gasteiger partial charge in [0.2, 0.25) is 5.88 Å². The summed E-state index contributed by atoms with van der Waals surface area (Å²) < 4.78 is 10.7. The van der Waals surface area contributed by atoms with E-state index in [-0.39, 0.29) is 25.4 Å². The number of carboxylic acids is 1. The summed E-state index contributed by atoms with van der Waals surface area (Å²) in [4.78, 5) is 27.9. The Morgan fingerprint density at radius 2 is 1.70 bits per heavy atom. The van der Waals surface area contributed by atoms with Crippen LogP contribution in [0.3, 0.4) is 0 Å². The zero-order valence-corrected chi connectivity index (χ0v) is 18.4. The summed E-state index contributed by atoms with van der Waals surface area (Å²) in [6, 6.07) is 19.5. The number of nitrogens with one attached hydrogen (secondary N) is 1. The predicted molar refractivity (Wildman–Crippen MR) is 123 cm³/mol. The minimum Gasteiger partial charge on any atom is -0.481 e. The highest BCUT2D eigenvalue weighted by atomic mass is 16.5. The van der Waals surface area contributed by atoms with Crippen molar-refractivity contribution in [1.29, 1.82) is 0 Å². The van der Waals surface area contributed by atoms with Gasteiger partial charge in [0.1, 0.15) is 6.61 Å². The van der Waals surface area contributed by atoms with Crippen LogP contribution in [0.25, 0.3) is 11.1 Å². The number of carbonyl (C=O) groups is 2. The van der Waals surface area contributed by atoms with E-state index in [1.165, 1.54) is 7.11 Å². The lowest BCUT2D eigenvalue weighted by Crippen LogP contribution is -2.37. The number of carboxylic acid groups (broad SMARTS) is 1. The molecule has 0 fully saturated rings. The third-order valence-electron chi connectivity index (χ3n) is 5.86. The highest BCUT2D eigenvalue weighted by Crippen LogP contribution is 2.44. The van der Waals surface area contributed by atoms with E-state index in [0.29, 0.717) is 12.3 Å². The van der Waals surface area contributed by atoms with Crippen LogP contribution in [0.5, 0.6) is 5.88 Å². The number of amides is 1. The summed E-state index contributed by atoms with van der Waals surface area (Å²) in [5.41, 5.74) is 5.46. The van der Waals surface area contributed by atoms with Gasteiger partial charge in [0.15, 0.2) is 0 Å². The molecule has 1 aromatic heterocycles. The topological polar surface area (TPSA) is 97.8 Å². The van der Waals surface area contributed by atoms with Gasteiger partial charge in [-0.3, -0.25) is 4.79 Å². The second-order valence-corrected chi connectivity index (χ2v) is 8.01. The second-order valence-electron chi connectivity index (χ2n) is 8.01. The number of hydrogen-bond donors (Lipinski definition) is 2. The van der Waals surface area contributed by atoms with Gasteiger partial charge >= 0.3 is 12.1 Å². The lowest BCUT2D eigenvalue weighted by Gasteiger charge is -2.20. The molecule has 1 heterocycles. The fraction of sp³-hybridized carbons (Fsp3) is 0.269. The summed E-state index contributed by atoms with van der Waals surface area (Å²) in [5, 5.41) is 11.9. The number of fused-ring (bicyclic) bond motifs is 3. The first-order valence-electron chi connectivity index (χ1n) is 10.9. The van der Waals surface area contributed by atoms with Crippen LogP contribution in [0.15, 0.2) is 66.9 Å². The summed E-state index contributed by atoms with van der Waals surface area (Å²) in [6.07, 6.45) is 1.76. The van der Waals surface area contributed by atoms with Crippen LogP contribution >= 0.6 is 0 Å². The SMILES string of the molecule is COc1ccc(CC(CCC(=O)O)NC(=O)OCC2c3ccccc3-c3ccccc32)cn1. The first kappa shape index (κ1) is 22.3. The van der Waals surface area contributed by atoms with Crippen LogP contribution in [0.1, 0.15) is 35.4 Å². The maximum absolute atomic E-state index is 12.7. The summed E-state index contributed by atoms with van der Waals surface area (Å²) in [6.45, 7) is 0.204. The molecule has 1 aliphatic carbocycles. The highest BCUT2D eigenvalue weighted by Gasteiger charge is 2.29. The number of aromatic nitrogens is 1. The Hall–Kier alpha value is -3.87. The number of aliphatic carboxylic acids is 1. The van der Waals surface area contributed by atoms with Crippen molar-refractivity contribution in [3.8, 4) is 17.0 Å². The molecule has 170 valence electrons. The Labute approximate surface area is 192 Å². The number of alkyl carbamates (subject to hydrolysis) is 1. The molecule has 1 unspecified atom stereocenters. The van der Waals surface area contributed by atoms with Crippen LogP contribution in [0.4, 0.5) is 4.79 Å². The molecule has 0 saturated carbocycles. The van der Waals surface area contributed by atoms with Gasteiger partial charge in [-0.15, -0.1) is 0 Å². The van der Waals surface area contributed by atoms with Gasteiger partial charge < -0.3 is 19.9 Å². The first-order valence-corrected chi connectivity index (χ1v) is 10.9. The number of rotatable bonds is 9. The quantitative estimate of drug-likeness (QED) is 0.505. The van der Waals surface area contributed by atoms with E-state index < -0.39 is 18.1 Å². The van der Waals surface area contributed by atoms with E-state index in [4.69, 9.17) is 14.6 Å². The molecular formula is C26H26N2O5. The molecule has 0 spiro atoms. The standard InChI is InChI=1S/C26H26N2O5/c1-32-24-12-10-17(15-27-24)14-18(11-13-25(29)30)28-26(31)33-16-23-21-8-4-2-6-19(21)20-7-3-5-9-22(20)23/h2-10,12,15,18,23H,11,13-14,16H2,1H3,(H,28,31)(H,29,30). The molecule has 1 aliphatic rings. The van der Waals surface area contributed by atoms with E-state index in [2.05, 4.69) is 34.6 Å². The maximum atomic E-state index is 12.7. The van der Waals surface area contributed by atoms with Crippen LogP contribution in [0.2, 0.25) is 0 Å². The minimum atomic E-state index is -0.915. The third-order valence-corrected chi connectivity index (χ3v) is 5.86. The summed E-state index contributed by atoms with van der Waals surface area (Å²) in [7, 11) is 1.54. The molecule has 3 aromatic rings. The monoisotopic (exact) mass is 446 g/mol. The maximum Gasteiger partial charge on any atom is 0.407 e. The molecule has 0 radical (unpaired) electrons. The lowest BCUT2D eigenvalue weighted by atomic mass is 9.98. The number of hydrogen-bond acceptors (Lipinski definition) is 5.